The molecule has 2 aromatic heterocycles. The molecule has 23 heavy (non-hydrogen) atoms. The Morgan fingerprint density at radius 1 is 1.43 bits per heavy atom. The van der Waals surface area contributed by atoms with Gasteiger partial charge in [0.1, 0.15) is 18.4 Å². The van der Waals surface area contributed by atoms with Crippen LogP contribution in [0.2, 0.25) is 0 Å². The van der Waals surface area contributed by atoms with Gasteiger partial charge in [-0.1, -0.05) is 11.3 Å². The summed E-state index contributed by atoms with van der Waals surface area (Å²) in [6, 6.07) is 2.73. The number of aromatic nitrogens is 2. The molecule has 0 saturated carbocycles. The molecular weight excluding hydrogens is 319 g/mol. The lowest BCUT2D eigenvalue weighted by Crippen LogP contribution is -2.27. The highest BCUT2D eigenvalue weighted by Crippen LogP contribution is 2.27. The van der Waals surface area contributed by atoms with E-state index in [4.69, 9.17) is 5.11 Å². The third-order valence-corrected chi connectivity index (χ3v) is 4.74. The minimum Gasteiger partial charge on any atom is -0.477 e. The van der Waals surface area contributed by atoms with Crippen molar-refractivity contribution in [1.29, 1.82) is 0 Å². The van der Waals surface area contributed by atoms with Crippen LogP contribution in [0.5, 0.6) is 0 Å². The molecule has 0 aliphatic heterocycles. The molecule has 0 fully saturated rings. The van der Waals surface area contributed by atoms with Crippen molar-refractivity contribution in [3.8, 4) is 10.6 Å². The van der Waals surface area contributed by atoms with Crippen molar-refractivity contribution in [2.45, 2.75) is 13.5 Å². The van der Waals surface area contributed by atoms with E-state index in [9.17, 15) is 14.0 Å². The number of carbonyl (C=O) groups is 1. The summed E-state index contributed by atoms with van der Waals surface area (Å²) in [6.07, 6.45) is 3.13. The van der Waals surface area contributed by atoms with Crippen LogP contribution in [0.15, 0.2) is 34.7 Å². The number of rotatable bonds is 3. The van der Waals surface area contributed by atoms with Crippen LogP contribution in [0.3, 0.4) is 0 Å². The van der Waals surface area contributed by atoms with Crippen molar-refractivity contribution in [2.24, 2.45) is 7.05 Å². The van der Waals surface area contributed by atoms with Crippen molar-refractivity contribution in [1.82, 2.24) is 4.57 Å². The highest BCUT2D eigenvalue weighted by Gasteiger charge is 2.21. The Balaban J connectivity index is 2.41. The zero-order valence-corrected chi connectivity index (χ0v) is 13.4. The first kappa shape index (κ1) is 15.4. The van der Waals surface area contributed by atoms with Crippen LogP contribution in [0.25, 0.3) is 21.5 Å². The molecule has 0 spiro atoms. The maximum absolute atomic E-state index is 14.5. The van der Waals surface area contributed by atoms with E-state index in [1.54, 1.807) is 15.2 Å². The van der Waals surface area contributed by atoms with Gasteiger partial charge in [0, 0.05) is 18.1 Å². The summed E-state index contributed by atoms with van der Waals surface area (Å²) in [5.74, 6) is -1.86. The summed E-state index contributed by atoms with van der Waals surface area (Å²) in [5, 5.41) is 11.8. The minimum absolute atomic E-state index is 0.0761. The van der Waals surface area contributed by atoms with Crippen molar-refractivity contribution >= 4 is 28.2 Å². The van der Waals surface area contributed by atoms with Crippen LogP contribution in [-0.4, -0.2) is 15.6 Å². The summed E-state index contributed by atoms with van der Waals surface area (Å²) in [7, 11) is 1.82. The van der Waals surface area contributed by atoms with Gasteiger partial charge in [0.25, 0.3) is 5.01 Å². The Hall–Kier alpha value is -2.54. The maximum Gasteiger partial charge on any atom is 0.341 e. The smallest absolute Gasteiger partial charge is 0.341 e. The van der Waals surface area contributed by atoms with E-state index in [0.717, 1.165) is 11.1 Å². The Morgan fingerprint density at radius 2 is 2.17 bits per heavy atom. The Morgan fingerprint density at radius 3 is 2.74 bits per heavy atom. The number of nitrogens with zero attached hydrogens (tertiary/aromatic N) is 2. The minimum atomic E-state index is -1.31. The number of thiazole rings is 1. The number of carboxylic acid groups (broad SMARTS) is 1. The molecule has 0 saturated heterocycles. The number of hydrogen-bond donors (Lipinski definition) is 1. The number of benzene rings is 1. The molecule has 118 valence electrons. The second-order valence-corrected chi connectivity index (χ2v) is 6.03. The predicted octanol–water partition coefficient (Wildman–Crippen LogP) is 2.41. The fraction of sp³-hybridized carbons (Fsp3) is 0.188. The van der Waals surface area contributed by atoms with Gasteiger partial charge >= 0.3 is 5.97 Å². The van der Waals surface area contributed by atoms with Gasteiger partial charge in [-0.2, -0.15) is 4.57 Å². The molecule has 7 heteroatoms. The highest BCUT2D eigenvalue weighted by molar-refractivity contribution is 7.12. The van der Waals surface area contributed by atoms with Gasteiger partial charge in [-0.3, -0.25) is 4.79 Å². The molecule has 0 unspecified atom stereocenters. The number of fused-ring (bicyclic) bond motifs is 1. The number of halogens is 1. The molecule has 3 rings (SSSR count). The van der Waals surface area contributed by atoms with E-state index in [-0.39, 0.29) is 10.9 Å². The molecule has 1 N–H and O–H groups in total. The quantitative estimate of drug-likeness (QED) is 0.749. The molecule has 3 aromatic rings. The Labute approximate surface area is 134 Å². The van der Waals surface area contributed by atoms with Crippen molar-refractivity contribution in [3.05, 3.63) is 51.5 Å². The second-order valence-electron chi connectivity index (χ2n) is 5.13. The van der Waals surface area contributed by atoms with E-state index in [2.05, 4.69) is 0 Å². The lowest BCUT2D eigenvalue weighted by Gasteiger charge is -2.11. The molecule has 0 atom stereocenters. The summed E-state index contributed by atoms with van der Waals surface area (Å²) in [4.78, 5) is 23.5. The lowest BCUT2D eigenvalue weighted by molar-refractivity contribution is -0.656. The normalized spacial score (nSPS) is 11.1. The number of aromatic carboxylic acids is 1. The molecule has 0 bridgehead atoms. The first-order valence-corrected chi connectivity index (χ1v) is 7.85. The highest BCUT2D eigenvalue weighted by atomic mass is 32.1. The Kier molecular flexibility index (Phi) is 3.73. The van der Waals surface area contributed by atoms with Crippen molar-refractivity contribution in [2.75, 3.05) is 0 Å². The van der Waals surface area contributed by atoms with E-state index in [1.807, 2.05) is 25.5 Å². The molecule has 0 radical (unpaired) electrons. The van der Waals surface area contributed by atoms with Gasteiger partial charge in [-0.15, -0.1) is 0 Å². The Bertz CT molecular complexity index is 991. The van der Waals surface area contributed by atoms with Gasteiger partial charge in [0.2, 0.25) is 5.43 Å². The standard InChI is InChI=1S/C16H13FN2O3S/c1-3-19-8-11(16(21)22)14(20)10-6-12(17)9(7-13(10)19)15-18(2)4-5-23-15/h4-8H,3H2,1-2H3/p+1. The van der Waals surface area contributed by atoms with Gasteiger partial charge in [0.05, 0.1) is 16.5 Å². The average Bonchev–Trinajstić information content (AvgIpc) is 2.93. The van der Waals surface area contributed by atoms with E-state index in [0.29, 0.717) is 17.6 Å². The summed E-state index contributed by atoms with van der Waals surface area (Å²) in [6.45, 7) is 2.31. The van der Waals surface area contributed by atoms with Crippen LogP contribution in [0.4, 0.5) is 4.39 Å². The summed E-state index contributed by atoms with van der Waals surface area (Å²) < 4.78 is 18.0. The molecule has 0 amide bonds. The monoisotopic (exact) mass is 333 g/mol. The number of aryl methyl sites for hydroxylation is 2. The average molecular weight is 333 g/mol. The van der Waals surface area contributed by atoms with Crippen LogP contribution < -0.4 is 10.00 Å². The number of hydrogen-bond acceptors (Lipinski definition) is 3. The molecule has 5 nitrogen and oxygen atoms in total. The van der Waals surface area contributed by atoms with E-state index in [1.165, 1.54) is 17.5 Å². The lowest BCUT2D eigenvalue weighted by atomic mass is 10.1. The summed E-state index contributed by atoms with van der Waals surface area (Å²) >= 11 is 1.39. The third kappa shape index (κ3) is 2.43. The van der Waals surface area contributed by atoms with Gasteiger partial charge in [-0.25, -0.2) is 9.18 Å². The van der Waals surface area contributed by atoms with E-state index < -0.39 is 17.2 Å². The molecule has 2 heterocycles. The van der Waals surface area contributed by atoms with Crippen LogP contribution in [-0.2, 0) is 13.6 Å². The maximum atomic E-state index is 14.5. The van der Waals surface area contributed by atoms with Crippen LogP contribution in [0.1, 0.15) is 17.3 Å². The first-order chi connectivity index (χ1) is 10.9. The molecule has 0 aliphatic carbocycles. The van der Waals surface area contributed by atoms with Crippen LogP contribution in [0, 0.1) is 5.82 Å². The zero-order valence-electron chi connectivity index (χ0n) is 12.5. The van der Waals surface area contributed by atoms with Gasteiger partial charge in [0.15, 0.2) is 6.20 Å². The van der Waals surface area contributed by atoms with Crippen LogP contribution >= 0.6 is 11.3 Å². The zero-order chi connectivity index (χ0) is 16.7. The molecular formula is C16H14FN2O3S+. The van der Waals surface area contributed by atoms with Gasteiger partial charge < -0.3 is 9.67 Å². The molecule has 1 aromatic carbocycles. The number of carboxylic acids is 1. The third-order valence-electron chi connectivity index (χ3n) is 3.75. The first-order valence-electron chi connectivity index (χ1n) is 6.97. The van der Waals surface area contributed by atoms with Crippen molar-refractivity contribution in [3.63, 3.8) is 0 Å². The van der Waals surface area contributed by atoms with E-state index >= 15 is 0 Å². The SMILES string of the molecule is CCn1cc(C(=O)O)c(=O)c2cc(F)c(-c3scc[n+]3C)cc21. The summed E-state index contributed by atoms with van der Waals surface area (Å²) in [5.41, 5.74) is -0.113. The fourth-order valence-corrected chi connectivity index (χ4v) is 3.46. The fourth-order valence-electron chi connectivity index (χ4n) is 2.58. The topological polar surface area (TPSA) is 63.2 Å². The second kappa shape index (κ2) is 5.58. The predicted molar refractivity (Wildman–Crippen MR) is 85.3 cm³/mol. The number of pyridine rings is 1. The van der Waals surface area contributed by atoms with Crippen molar-refractivity contribution < 1.29 is 18.9 Å². The van der Waals surface area contributed by atoms with Gasteiger partial charge in [-0.05, 0) is 19.1 Å². The largest absolute Gasteiger partial charge is 0.477 e. The molecule has 0 aliphatic rings.